The summed E-state index contributed by atoms with van der Waals surface area (Å²) in [5.74, 6) is 0.234. The van der Waals surface area contributed by atoms with Gasteiger partial charge in [-0.25, -0.2) is 0 Å². The Morgan fingerprint density at radius 3 is 2.48 bits per heavy atom. The van der Waals surface area contributed by atoms with Crippen molar-refractivity contribution in [3.05, 3.63) is 29.8 Å². The van der Waals surface area contributed by atoms with Crippen molar-refractivity contribution in [2.24, 2.45) is 5.92 Å². The van der Waals surface area contributed by atoms with Gasteiger partial charge in [0.2, 0.25) is 11.8 Å². The zero-order valence-electron chi connectivity index (χ0n) is 14.0. The fourth-order valence-electron chi connectivity index (χ4n) is 2.65. The number of anilines is 1. The Hall–Kier alpha value is -1.59. The molecule has 1 aromatic rings. The van der Waals surface area contributed by atoms with Crippen LogP contribution in [-0.2, 0) is 16.0 Å². The van der Waals surface area contributed by atoms with Crippen LogP contribution in [0.5, 0.6) is 0 Å². The minimum atomic E-state index is 0. The highest BCUT2D eigenvalue weighted by Crippen LogP contribution is 2.19. The van der Waals surface area contributed by atoms with Crippen molar-refractivity contribution in [1.82, 2.24) is 10.2 Å². The molecule has 1 heterocycles. The Morgan fingerprint density at radius 1 is 1.26 bits per heavy atom. The van der Waals surface area contributed by atoms with Gasteiger partial charge in [-0.1, -0.05) is 12.1 Å². The first kappa shape index (κ1) is 19.5. The third-order valence-electron chi connectivity index (χ3n) is 4.07. The number of hydrogen-bond acceptors (Lipinski definition) is 3. The normalized spacial score (nSPS) is 20.3. The minimum Gasteiger partial charge on any atom is -0.349 e. The van der Waals surface area contributed by atoms with E-state index < -0.39 is 0 Å². The quantitative estimate of drug-likeness (QED) is 0.882. The van der Waals surface area contributed by atoms with Crippen LogP contribution >= 0.6 is 12.4 Å². The summed E-state index contributed by atoms with van der Waals surface area (Å²) in [6, 6.07) is 7.90. The van der Waals surface area contributed by atoms with E-state index in [4.69, 9.17) is 0 Å². The molecule has 1 saturated heterocycles. The van der Waals surface area contributed by atoms with Crippen molar-refractivity contribution in [2.75, 3.05) is 26.0 Å². The molecule has 5 nitrogen and oxygen atoms in total. The molecule has 2 amide bonds. The van der Waals surface area contributed by atoms with Gasteiger partial charge in [-0.3, -0.25) is 9.59 Å². The van der Waals surface area contributed by atoms with Gasteiger partial charge >= 0.3 is 0 Å². The van der Waals surface area contributed by atoms with Crippen molar-refractivity contribution in [2.45, 2.75) is 32.2 Å². The first-order valence-electron chi connectivity index (χ1n) is 7.79. The van der Waals surface area contributed by atoms with Crippen LogP contribution in [-0.4, -0.2) is 43.4 Å². The molecule has 1 aliphatic rings. The molecule has 0 spiro atoms. The predicted molar refractivity (Wildman–Crippen MR) is 94.9 cm³/mol. The van der Waals surface area contributed by atoms with E-state index in [0.717, 1.165) is 30.6 Å². The van der Waals surface area contributed by atoms with Crippen LogP contribution < -0.4 is 10.6 Å². The smallest absolute Gasteiger partial charge is 0.227 e. The van der Waals surface area contributed by atoms with Crippen LogP contribution in [0, 0.1) is 5.92 Å². The van der Waals surface area contributed by atoms with Gasteiger partial charge in [0.05, 0.1) is 6.42 Å². The summed E-state index contributed by atoms with van der Waals surface area (Å²) in [5, 5.41) is 6.32. The maximum atomic E-state index is 12.3. The van der Waals surface area contributed by atoms with E-state index >= 15 is 0 Å². The Bertz CT molecular complexity index is 531. The molecule has 0 unspecified atom stereocenters. The fourth-order valence-corrected chi connectivity index (χ4v) is 2.65. The average Bonchev–Trinajstić information content (AvgIpc) is 2.49. The number of amides is 2. The number of nitrogens with one attached hydrogen (secondary N) is 2. The van der Waals surface area contributed by atoms with E-state index in [9.17, 15) is 9.59 Å². The van der Waals surface area contributed by atoms with E-state index in [0.29, 0.717) is 12.5 Å². The monoisotopic (exact) mass is 339 g/mol. The largest absolute Gasteiger partial charge is 0.349 e. The number of likely N-dealkylation sites (N-methyl/N-ethyl adjacent to an activating group) is 1. The van der Waals surface area contributed by atoms with E-state index in [1.54, 1.807) is 19.0 Å². The van der Waals surface area contributed by atoms with E-state index in [2.05, 4.69) is 17.6 Å². The van der Waals surface area contributed by atoms with Crippen molar-refractivity contribution in [3.63, 3.8) is 0 Å². The summed E-state index contributed by atoms with van der Waals surface area (Å²) < 4.78 is 0. The van der Waals surface area contributed by atoms with Gasteiger partial charge in [0.25, 0.3) is 0 Å². The third-order valence-corrected chi connectivity index (χ3v) is 4.07. The Kier molecular flexibility index (Phi) is 7.52. The predicted octanol–water partition coefficient (Wildman–Crippen LogP) is 2.07. The molecular formula is C17H26ClN3O2. The van der Waals surface area contributed by atoms with Gasteiger partial charge in [-0.05, 0) is 44.0 Å². The molecule has 128 valence electrons. The Morgan fingerprint density at radius 2 is 1.91 bits per heavy atom. The number of hydrogen-bond donors (Lipinski definition) is 2. The first-order chi connectivity index (χ1) is 10.5. The molecule has 2 rings (SSSR count). The first-order valence-corrected chi connectivity index (χ1v) is 7.79. The standard InChI is InChI=1S/C17H25N3O2.ClH/c1-12-10-14(8-9-18-12)17(22)19-15-6-4-13(5-7-15)11-16(21)20(2)3;/h4-7,12,14,18H,8-11H2,1-3H3,(H,19,22);1H/t12-,14-;/m0./s1. The SMILES string of the molecule is C[C@H]1C[C@@H](C(=O)Nc2ccc(CC(=O)N(C)C)cc2)CCN1.Cl. The Labute approximate surface area is 144 Å². The third kappa shape index (κ3) is 5.84. The number of piperidine rings is 1. The van der Waals surface area contributed by atoms with E-state index in [1.807, 2.05) is 24.3 Å². The van der Waals surface area contributed by atoms with Crippen molar-refractivity contribution < 1.29 is 9.59 Å². The van der Waals surface area contributed by atoms with Gasteiger partial charge in [-0.2, -0.15) is 0 Å². The number of carbonyl (C=O) groups is 2. The van der Waals surface area contributed by atoms with Gasteiger partial charge in [-0.15, -0.1) is 12.4 Å². The molecule has 0 radical (unpaired) electrons. The minimum absolute atomic E-state index is 0. The molecule has 1 aromatic carbocycles. The average molecular weight is 340 g/mol. The van der Waals surface area contributed by atoms with Crippen LogP contribution in [0.1, 0.15) is 25.3 Å². The summed E-state index contributed by atoms with van der Waals surface area (Å²) >= 11 is 0. The topological polar surface area (TPSA) is 61.4 Å². The molecule has 0 aromatic heterocycles. The number of nitrogens with zero attached hydrogens (tertiary/aromatic N) is 1. The Balaban J connectivity index is 0.00000264. The second-order valence-electron chi connectivity index (χ2n) is 6.23. The second-order valence-corrected chi connectivity index (χ2v) is 6.23. The number of benzene rings is 1. The summed E-state index contributed by atoms with van der Waals surface area (Å²) in [4.78, 5) is 25.5. The van der Waals surface area contributed by atoms with Gasteiger partial charge in [0.15, 0.2) is 0 Å². The summed E-state index contributed by atoms with van der Waals surface area (Å²) in [6.45, 7) is 3.00. The van der Waals surface area contributed by atoms with Crippen LogP contribution in [0.3, 0.4) is 0 Å². The highest BCUT2D eigenvalue weighted by atomic mass is 35.5. The van der Waals surface area contributed by atoms with Crippen molar-refractivity contribution in [1.29, 1.82) is 0 Å². The van der Waals surface area contributed by atoms with Gasteiger partial charge < -0.3 is 15.5 Å². The zero-order chi connectivity index (χ0) is 16.1. The lowest BCUT2D eigenvalue weighted by Gasteiger charge is -2.27. The van der Waals surface area contributed by atoms with Gasteiger partial charge in [0.1, 0.15) is 0 Å². The van der Waals surface area contributed by atoms with Crippen molar-refractivity contribution >= 4 is 29.9 Å². The molecule has 0 bridgehead atoms. The number of rotatable bonds is 4. The highest BCUT2D eigenvalue weighted by Gasteiger charge is 2.24. The lowest BCUT2D eigenvalue weighted by Crippen LogP contribution is -2.40. The molecule has 1 aliphatic heterocycles. The highest BCUT2D eigenvalue weighted by molar-refractivity contribution is 5.92. The summed E-state index contributed by atoms with van der Waals surface area (Å²) in [7, 11) is 3.49. The lowest BCUT2D eigenvalue weighted by molar-refractivity contribution is -0.128. The molecular weight excluding hydrogens is 314 g/mol. The second kappa shape index (κ2) is 8.89. The number of carbonyl (C=O) groups excluding carboxylic acids is 2. The van der Waals surface area contributed by atoms with Crippen LogP contribution in [0.4, 0.5) is 5.69 Å². The molecule has 0 saturated carbocycles. The molecule has 1 fully saturated rings. The number of halogens is 1. The van der Waals surface area contributed by atoms with Gasteiger partial charge in [0, 0.05) is 31.7 Å². The zero-order valence-corrected chi connectivity index (χ0v) is 14.8. The maximum Gasteiger partial charge on any atom is 0.227 e. The molecule has 2 N–H and O–H groups in total. The summed E-state index contributed by atoms with van der Waals surface area (Å²) in [5.41, 5.74) is 1.74. The molecule has 0 aliphatic carbocycles. The molecule has 2 atom stereocenters. The maximum absolute atomic E-state index is 12.3. The van der Waals surface area contributed by atoms with E-state index in [-0.39, 0.29) is 30.1 Å². The lowest BCUT2D eigenvalue weighted by atomic mass is 9.92. The molecule has 6 heteroatoms. The van der Waals surface area contributed by atoms with E-state index in [1.165, 1.54) is 0 Å². The van der Waals surface area contributed by atoms with Crippen LogP contribution in [0.2, 0.25) is 0 Å². The molecule has 23 heavy (non-hydrogen) atoms. The van der Waals surface area contributed by atoms with Crippen LogP contribution in [0.15, 0.2) is 24.3 Å². The fraction of sp³-hybridized carbons (Fsp3) is 0.529. The summed E-state index contributed by atoms with van der Waals surface area (Å²) in [6.07, 6.45) is 2.14. The van der Waals surface area contributed by atoms with Crippen LogP contribution in [0.25, 0.3) is 0 Å². The van der Waals surface area contributed by atoms with Crippen molar-refractivity contribution in [3.8, 4) is 0 Å².